The van der Waals surface area contributed by atoms with Crippen molar-refractivity contribution in [2.24, 2.45) is 34.5 Å². The number of cyclic esters (lactones) is 1. The minimum absolute atomic E-state index is 0.0805. The van der Waals surface area contributed by atoms with E-state index in [1.165, 1.54) is 19.2 Å². The highest BCUT2D eigenvalue weighted by molar-refractivity contribution is 6.30. The zero-order valence-electron chi connectivity index (χ0n) is 21.9. The number of hydrogen-bond donors (Lipinski definition) is 1. The highest BCUT2D eigenvalue weighted by Crippen LogP contribution is 2.64. The first-order valence-electron chi connectivity index (χ1n) is 13.0. The molecule has 4 aliphatic rings. The normalized spacial score (nSPS) is 37.2. The summed E-state index contributed by atoms with van der Waals surface area (Å²) < 4.78 is 36.1. The molecule has 3 fully saturated rings. The Kier molecular flexibility index (Phi) is 7.11. The molecule has 11 heteroatoms. The van der Waals surface area contributed by atoms with Crippen LogP contribution in [0.3, 0.4) is 0 Å². The standard InChI is InChI=1S/C28H31ClFNO8/c1-27-8-6-16-25(34)38-21(14-7-9-37-13-14)12-28(16,2)23(27)22(32)20(11-17(27)24(33)36-3)39-26(35)31-19-5-4-15(29)10-18(19)30/h4-5,7,9-10,14,16-17,20-21,23H,6,8,11-13H2,1-3H3,(H,31,35)/t14?,16-,17-,20-,21-,23-,27-,28-/m0/s1. The second kappa shape index (κ2) is 10.1. The number of hydrogen-bond acceptors (Lipinski definition) is 8. The van der Waals surface area contributed by atoms with E-state index in [9.17, 15) is 23.6 Å². The van der Waals surface area contributed by atoms with E-state index in [-0.39, 0.29) is 34.8 Å². The van der Waals surface area contributed by atoms with E-state index in [4.69, 9.17) is 30.5 Å². The summed E-state index contributed by atoms with van der Waals surface area (Å²) in [6.45, 7) is 4.14. The third-order valence-corrected chi connectivity index (χ3v) is 9.45. The van der Waals surface area contributed by atoms with Crippen molar-refractivity contribution in [3.63, 3.8) is 0 Å². The molecule has 210 valence electrons. The van der Waals surface area contributed by atoms with E-state index in [1.54, 1.807) is 6.26 Å². The predicted molar refractivity (Wildman–Crippen MR) is 136 cm³/mol. The lowest BCUT2D eigenvalue weighted by molar-refractivity contribution is -0.209. The Morgan fingerprint density at radius 2 is 1.97 bits per heavy atom. The minimum Gasteiger partial charge on any atom is -0.501 e. The van der Waals surface area contributed by atoms with Crippen LogP contribution in [0.5, 0.6) is 0 Å². The maximum absolute atomic E-state index is 14.2. The van der Waals surface area contributed by atoms with E-state index in [0.717, 1.165) is 6.07 Å². The maximum atomic E-state index is 14.2. The molecular weight excluding hydrogens is 533 g/mol. The van der Waals surface area contributed by atoms with Crippen LogP contribution in [0.25, 0.3) is 0 Å². The van der Waals surface area contributed by atoms with Gasteiger partial charge in [0.15, 0.2) is 11.9 Å². The van der Waals surface area contributed by atoms with Crippen molar-refractivity contribution in [2.75, 3.05) is 19.0 Å². The fourth-order valence-corrected chi connectivity index (χ4v) is 7.53. The van der Waals surface area contributed by atoms with Crippen LogP contribution < -0.4 is 5.32 Å². The average Bonchev–Trinajstić information content (AvgIpc) is 3.41. The lowest BCUT2D eigenvalue weighted by Crippen LogP contribution is -2.65. The Balaban J connectivity index is 1.47. The quantitative estimate of drug-likeness (QED) is 0.415. The van der Waals surface area contributed by atoms with Gasteiger partial charge < -0.3 is 18.9 Å². The second-order valence-electron chi connectivity index (χ2n) is 11.4. The highest BCUT2D eigenvalue weighted by atomic mass is 35.5. The molecule has 2 aliphatic heterocycles. The van der Waals surface area contributed by atoms with Crippen LogP contribution in [0.2, 0.25) is 5.02 Å². The van der Waals surface area contributed by atoms with Crippen LogP contribution in [0.15, 0.2) is 30.5 Å². The van der Waals surface area contributed by atoms with Crippen molar-refractivity contribution in [3.05, 3.63) is 41.4 Å². The third-order valence-electron chi connectivity index (χ3n) is 9.22. The minimum atomic E-state index is -1.30. The Bertz CT molecular complexity index is 1240. The molecule has 1 unspecified atom stereocenters. The highest BCUT2D eigenvalue weighted by Gasteiger charge is 2.68. The SMILES string of the molecule is COC(=O)[C@@H]1C[C@H](OC(=O)Nc2ccc(Cl)cc2F)C(=O)[C@H]2[C@@]1(C)CC[C@H]1C(=O)O[C@H](C3C=COC3)C[C@]21C. The van der Waals surface area contributed by atoms with Crippen LogP contribution in [-0.2, 0) is 33.3 Å². The van der Waals surface area contributed by atoms with Crippen molar-refractivity contribution >= 4 is 41.1 Å². The van der Waals surface area contributed by atoms with Crippen molar-refractivity contribution in [3.8, 4) is 0 Å². The zero-order chi connectivity index (χ0) is 28.1. The van der Waals surface area contributed by atoms with E-state index < -0.39 is 58.7 Å². The average molecular weight is 564 g/mol. The topological polar surface area (TPSA) is 117 Å². The molecule has 5 rings (SSSR count). The van der Waals surface area contributed by atoms with Gasteiger partial charge in [-0.1, -0.05) is 25.4 Å². The summed E-state index contributed by atoms with van der Waals surface area (Å²) in [7, 11) is 1.27. The summed E-state index contributed by atoms with van der Waals surface area (Å²) in [5.74, 6) is -4.31. The van der Waals surface area contributed by atoms with Crippen molar-refractivity contribution in [2.45, 2.75) is 51.7 Å². The summed E-state index contributed by atoms with van der Waals surface area (Å²) in [5.41, 5.74) is -1.87. The fraction of sp³-hybridized carbons (Fsp3) is 0.571. The molecule has 2 aliphatic carbocycles. The van der Waals surface area contributed by atoms with E-state index in [0.29, 0.717) is 25.9 Å². The number of Topliss-reactive ketones (excluding diaryl/α,β-unsaturated/α-hetero) is 1. The molecule has 1 saturated heterocycles. The number of benzene rings is 1. The number of nitrogens with one attached hydrogen (secondary N) is 1. The maximum Gasteiger partial charge on any atom is 0.412 e. The van der Waals surface area contributed by atoms with Gasteiger partial charge in [0.2, 0.25) is 0 Å². The Morgan fingerprint density at radius 3 is 2.64 bits per heavy atom. The first kappa shape index (κ1) is 27.4. The van der Waals surface area contributed by atoms with Gasteiger partial charge in [0.25, 0.3) is 0 Å². The number of esters is 2. The van der Waals surface area contributed by atoms with Crippen LogP contribution in [0, 0.1) is 40.3 Å². The molecule has 8 atom stereocenters. The molecule has 1 aromatic carbocycles. The molecule has 1 N–H and O–H groups in total. The molecule has 0 spiro atoms. The molecular formula is C28H31ClFNO8. The summed E-state index contributed by atoms with van der Waals surface area (Å²) >= 11 is 5.78. The number of amides is 1. The van der Waals surface area contributed by atoms with Gasteiger partial charge in [-0.05, 0) is 54.4 Å². The van der Waals surface area contributed by atoms with Gasteiger partial charge in [-0.3, -0.25) is 19.7 Å². The molecule has 0 radical (unpaired) electrons. The Hall–Kier alpha value is -3.14. The monoisotopic (exact) mass is 563 g/mol. The third kappa shape index (κ3) is 4.66. The number of halogens is 2. The van der Waals surface area contributed by atoms with Crippen LogP contribution in [0.4, 0.5) is 14.9 Å². The smallest absolute Gasteiger partial charge is 0.412 e. The number of anilines is 1. The van der Waals surface area contributed by atoms with Crippen LogP contribution in [0.1, 0.15) is 39.5 Å². The molecule has 9 nitrogen and oxygen atoms in total. The number of ether oxygens (including phenoxy) is 4. The van der Waals surface area contributed by atoms with Crippen molar-refractivity contribution < 1.29 is 42.5 Å². The lowest BCUT2D eigenvalue weighted by atomic mass is 9.43. The van der Waals surface area contributed by atoms with Gasteiger partial charge in [-0.2, -0.15) is 0 Å². The zero-order valence-corrected chi connectivity index (χ0v) is 22.7. The number of ketones is 1. The number of methoxy groups -OCH3 is 1. The van der Waals surface area contributed by atoms with Gasteiger partial charge in [0.1, 0.15) is 11.9 Å². The summed E-state index contributed by atoms with van der Waals surface area (Å²) in [4.78, 5) is 53.3. The predicted octanol–water partition coefficient (Wildman–Crippen LogP) is 4.67. The molecule has 2 saturated carbocycles. The Labute approximate surface area is 230 Å². The number of carbonyl (C=O) groups excluding carboxylic acids is 4. The number of rotatable bonds is 4. The van der Waals surface area contributed by atoms with Gasteiger partial charge in [0, 0.05) is 17.4 Å². The summed E-state index contributed by atoms with van der Waals surface area (Å²) in [6, 6.07) is 3.71. The molecule has 0 aromatic heterocycles. The Morgan fingerprint density at radius 1 is 1.21 bits per heavy atom. The lowest BCUT2D eigenvalue weighted by Gasteiger charge is -2.61. The van der Waals surface area contributed by atoms with Gasteiger partial charge in [-0.25, -0.2) is 9.18 Å². The van der Waals surface area contributed by atoms with Gasteiger partial charge >= 0.3 is 18.0 Å². The van der Waals surface area contributed by atoms with Gasteiger partial charge in [-0.15, -0.1) is 0 Å². The first-order chi connectivity index (χ1) is 18.5. The second-order valence-corrected chi connectivity index (χ2v) is 11.8. The summed E-state index contributed by atoms with van der Waals surface area (Å²) in [5, 5.41) is 2.45. The van der Waals surface area contributed by atoms with Crippen molar-refractivity contribution in [1.29, 1.82) is 0 Å². The van der Waals surface area contributed by atoms with Crippen LogP contribution >= 0.6 is 11.6 Å². The van der Waals surface area contributed by atoms with E-state index in [2.05, 4.69) is 5.32 Å². The molecule has 2 heterocycles. The number of carbonyl (C=O) groups is 4. The van der Waals surface area contributed by atoms with Gasteiger partial charge in [0.05, 0.1) is 43.4 Å². The van der Waals surface area contributed by atoms with E-state index in [1.807, 2.05) is 19.9 Å². The fourth-order valence-electron chi connectivity index (χ4n) is 7.37. The van der Waals surface area contributed by atoms with Crippen LogP contribution in [-0.4, -0.2) is 49.7 Å². The first-order valence-corrected chi connectivity index (χ1v) is 13.4. The molecule has 0 bridgehead atoms. The molecule has 1 amide bonds. The largest absolute Gasteiger partial charge is 0.501 e. The number of fused-ring (bicyclic) bond motifs is 3. The molecule has 39 heavy (non-hydrogen) atoms. The van der Waals surface area contributed by atoms with Crippen molar-refractivity contribution in [1.82, 2.24) is 0 Å². The summed E-state index contributed by atoms with van der Waals surface area (Å²) in [6.07, 6.45) is 1.75. The molecule has 1 aromatic rings. The van der Waals surface area contributed by atoms with E-state index >= 15 is 0 Å².